The fourth-order valence-corrected chi connectivity index (χ4v) is 1.85. The zero-order valence-electron chi connectivity index (χ0n) is 12.3. The lowest BCUT2D eigenvalue weighted by Gasteiger charge is -2.29. The van der Waals surface area contributed by atoms with E-state index in [0.717, 1.165) is 6.29 Å². The summed E-state index contributed by atoms with van der Waals surface area (Å²) in [5.74, 6) is 1.60. The Morgan fingerprint density at radius 3 is 2.70 bits per heavy atom. The first-order valence-electron chi connectivity index (χ1n) is 6.53. The third kappa shape index (κ3) is 3.42. The van der Waals surface area contributed by atoms with E-state index < -0.39 is 0 Å². The molecular formula is C15H20O5. The summed E-state index contributed by atoms with van der Waals surface area (Å²) in [6.07, 6.45) is 0.548. The number of aldehydes is 1. The summed E-state index contributed by atoms with van der Waals surface area (Å²) in [4.78, 5) is 11.0. The molecule has 2 rings (SSSR count). The first-order chi connectivity index (χ1) is 9.43. The van der Waals surface area contributed by atoms with Gasteiger partial charge in [0.1, 0.15) is 12.4 Å². The minimum absolute atomic E-state index is 0.186. The molecule has 0 aliphatic carbocycles. The van der Waals surface area contributed by atoms with E-state index in [0.29, 0.717) is 36.0 Å². The van der Waals surface area contributed by atoms with Crippen LogP contribution in [0.3, 0.4) is 0 Å². The number of carbonyl (C=O) groups is 1. The molecule has 110 valence electrons. The van der Waals surface area contributed by atoms with Crippen LogP contribution in [0.25, 0.3) is 0 Å². The molecule has 5 heteroatoms. The highest BCUT2D eigenvalue weighted by Crippen LogP contribution is 2.37. The van der Waals surface area contributed by atoms with Crippen LogP contribution >= 0.6 is 0 Å². The van der Waals surface area contributed by atoms with Crippen molar-refractivity contribution in [1.82, 2.24) is 0 Å². The van der Waals surface area contributed by atoms with Gasteiger partial charge >= 0.3 is 0 Å². The summed E-state index contributed by atoms with van der Waals surface area (Å²) in [6, 6.07) is 3.30. The number of carbonyl (C=O) groups excluding carboxylic acids is 1. The van der Waals surface area contributed by atoms with Crippen LogP contribution in [0.15, 0.2) is 12.1 Å². The maximum atomic E-state index is 11.0. The molecular weight excluding hydrogens is 260 g/mol. The second kappa shape index (κ2) is 5.71. The van der Waals surface area contributed by atoms with Gasteiger partial charge in [-0.15, -0.1) is 0 Å². The van der Waals surface area contributed by atoms with Crippen molar-refractivity contribution in [2.75, 3.05) is 20.3 Å². The van der Waals surface area contributed by atoms with E-state index in [1.54, 1.807) is 12.1 Å². The predicted octanol–water partition coefficient (Wildman–Crippen LogP) is 2.46. The summed E-state index contributed by atoms with van der Waals surface area (Å²) in [5.41, 5.74) is 0.213. The van der Waals surface area contributed by atoms with Crippen molar-refractivity contribution in [3.8, 4) is 17.2 Å². The van der Waals surface area contributed by atoms with Crippen LogP contribution in [0.5, 0.6) is 17.2 Å². The highest BCUT2D eigenvalue weighted by Gasteiger charge is 2.25. The quantitative estimate of drug-likeness (QED) is 0.793. The lowest BCUT2D eigenvalue weighted by atomic mass is 10.1. The molecule has 1 aromatic rings. The average molecular weight is 280 g/mol. The van der Waals surface area contributed by atoms with E-state index in [-0.39, 0.29) is 11.7 Å². The highest BCUT2D eigenvalue weighted by molar-refractivity contribution is 5.81. The number of benzene rings is 1. The molecule has 5 nitrogen and oxygen atoms in total. The third-order valence-electron chi connectivity index (χ3n) is 2.84. The van der Waals surface area contributed by atoms with Gasteiger partial charge in [-0.3, -0.25) is 4.79 Å². The molecule has 0 unspecified atom stereocenters. The molecule has 1 aromatic carbocycles. The number of ether oxygens (including phenoxy) is 4. The van der Waals surface area contributed by atoms with Gasteiger partial charge in [0.2, 0.25) is 0 Å². The van der Waals surface area contributed by atoms with E-state index in [2.05, 4.69) is 0 Å². The fraction of sp³-hybridized carbons (Fsp3) is 0.533. The minimum atomic E-state index is -0.225. The Morgan fingerprint density at radius 1 is 1.35 bits per heavy atom. The Balaban J connectivity index is 2.11. The molecule has 0 amide bonds. The maximum Gasteiger partial charge on any atom is 0.165 e. The van der Waals surface area contributed by atoms with Gasteiger partial charge in [0.05, 0.1) is 24.9 Å². The fourth-order valence-electron chi connectivity index (χ4n) is 1.85. The maximum absolute atomic E-state index is 11.0. The molecule has 1 heterocycles. The normalized spacial score (nSPS) is 17.7. The topological polar surface area (TPSA) is 54.0 Å². The Bertz CT molecular complexity index is 490. The number of fused-ring (bicyclic) bond motifs is 1. The molecule has 0 fully saturated rings. The molecule has 0 radical (unpaired) electrons. The third-order valence-corrected chi connectivity index (χ3v) is 2.84. The summed E-state index contributed by atoms with van der Waals surface area (Å²) in [7, 11) is 1.51. The van der Waals surface area contributed by atoms with E-state index in [4.69, 9.17) is 18.9 Å². The summed E-state index contributed by atoms with van der Waals surface area (Å²) >= 11 is 0. The Hall–Kier alpha value is -1.75. The predicted molar refractivity (Wildman–Crippen MR) is 74.0 cm³/mol. The number of methoxy groups -OCH3 is 1. The van der Waals surface area contributed by atoms with Crippen molar-refractivity contribution in [2.24, 2.45) is 0 Å². The second-order valence-electron chi connectivity index (χ2n) is 5.63. The monoisotopic (exact) mass is 280 g/mol. The molecule has 1 aliphatic rings. The van der Waals surface area contributed by atoms with Crippen molar-refractivity contribution in [2.45, 2.75) is 32.5 Å². The first kappa shape index (κ1) is 14.7. The SMILES string of the molecule is COc1cc2c(cc1C=O)O[C@H](COC(C)(C)C)CO2. The second-order valence-corrected chi connectivity index (χ2v) is 5.63. The van der Waals surface area contributed by atoms with Crippen LogP contribution in [0.4, 0.5) is 0 Å². The highest BCUT2D eigenvalue weighted by atomic mass is 16.6. The Kier molecular flexibility index (Phi) is 4.18. The summed E-state index contributed by atoms with van der Waals surface area (Å²) in [6.45, 7) is 6.80. The molecule has 20 heavy (non-hydrogen) atoms. The molecule has 0 bridgehead atoms. The van der Waals surface area contributed by atoms with Gasteiger partial charge in [0.25, 0.3) is 0 Å². The van der Waals surface area contributed by atoms with Crippen LogP contribution in [-0.2, 0) is 4.74 Å². The number of rotatable bonds is 4. The molecule has 0 spiro atoms. The smallest absolute Gasteiger partial charge is 0.165 e. The average Bonchev–Trinajstić information content (AvgIpc) is 2.42. The molecule has 0 aromatic heterocycles. The molecule has 0 N–H and O–H groups in total. The van der Waals surface area contributed by atoms with Crippen molar-refractivity contribution in [3.05, 3.63) is 17.7 Å². The first-order valence-corrected chi connectivity index (χ1v) is 6.53. The van der Waals surface area contributed by atoms with Gasteiger partial charge in [-0.1, -0.05) is 0 Å². The molecule has 1 aliphatic heterocycles. The molecule has 1 atom stereocenters. The number of hydrogen-bond acceptors (Lipinski definition) is 5. The Labute approximate surface area is 118 Å². The van der Waals surface area contributed by atoms with Gasteiger partial charge in [0, 0.05) is 6.07 Å². The van der Waals surface area contributed by atoms with Gasteiger partial charge in [-0.2, -0.15) is 0 Å². The van der Waals surface area contributed by atoms with Crippen LogP contribution in [0, 0.1) is 0 Å². The van der Waals surface area contributed by atoms with E-state index in [1.165, 1.54) is 7.11 Å². The Morgan fingerprint density at radius 2 is 2.10 bits per heavy atom. The van der Waals surface area contributed by atoms with E-state index in [1.807, 2.05) is 20.8 Å². The zero-order chi connectivity index (χ0) is 14.8. The number of hydrogen-bond donors (Lipinski definition) is 0. The minimum Gasteiger partial charge on any atom is -0.496 e. The van der Waals surface area contributed by atoms with Gasteiger partial charge in [0.15, 0.2) is 23.9 Å². The van der Waals surface area contributed by atoms with Gasteiger partial charge in [-0.25, -0.2) is 0 Å². The van der Waals surface area contributed by atoms with Crippen LogP contribution in [0.1, 0.15) is 31.1 Å². The van der Waals surface area contributed by atoms with Crippen LogP contribution in [-0.4, -0.2) is 38.3 Å². The lowest BCUT2D eigenvalue weighted by Crippen LogP contribution is -2.36. The van der Waals surface area contributed by atoms with E-state index >= 15 is 0 Å². The van der Waals surface area contributed by atoms with Gasteiger partial charge in [-0.05, 0) is 26.8 Å². The van der Waals surface area contributed by atoms with Crippen molar-refractivity contribution in [3.63, 3.8) is 0 Å². The standard InChI is InChI=1S/C15H20O5/c1-15(2,3)19-9-11-8-18-13-6-12(17-4)10(7-16)5-14(13)20-11/h5-7,11H,8-9H2,1-4H3/t11-/m0/s1. The molecule has 0 saturated heterocycles. The van der Waals surface area contributed by atoms with Gasteiger partial charge < -0.3 is 18.9 Å². The summed E-state index contributed by atoms with van der Waals surface area (Å²) < 4.78 is 22.3. The van der Waals surface area contributed by atoms with Crippen molar-refractivity contribution in [1.29, 1.82) is 0 Å². The van der Waals surface area contributed by atoms with Crippen molar-refractivity contribution >= 4 is 6.29 Å². The largest absolute Gasteiger partial charge is 0.496 e. The lowest BCUT2D eigenvalue weighted by molar-refractivity contribution is -0.0583. The zero-order valence-corrected chi connectivity index (χ0v) is 12.3. The summed E-state index contributed by atoms with van der Waals surface area (Å²) in [5, 5.41) is 0. The molecule has 0 saturated carbocycles. The van der Waals surface area contributed by atoms with Crippen LogP contribution < -0.4 is 14.2 Å². The van der Waals surface area contributed by atoms with Crippen molar-refractivity contribution < 1.29 is 23.7 Å². The van der Waals surface area contributed by atoms with Crippen LogP contribution in [0.2, 0.25) is 0 Å². The van der Waals surface area contributed by atoms with E-state index in [9.17, 15) is 4.79 Å².